The first-order chi connectivity index (χ1) is 22.2. The molecule has 0 saturated carbocycles. The lowest BCUT2D eigenvalue weighted by Crippen LogP contribution is -2.60. The van der Waals surface area contributed by atoms with Gasteiger partial charge in [-0.25, -0.2) is 0 Å². The molecule has 0 aromatic carbocycles. The highest BCUT2D eigenvalue weighted by atomic mass is 16.7. The van der Waals surface area contributed by atoms with Crippen molar-refractivity contribution in [3.05, 3.63) is 0 Å². The van der Waals surface area contributed by atoms with Gasteiger partial charge in [0.2, 0.25) is 0 Å². The summed E-state index contributed by atoms with van der Waals surface area (Å²) in [7, 11) is 3.35. The first-order valence-electron chi connectivity index (χ1n) is 18.2. The molecule has 48 heavy (non-hydrogen) atoms. The molecule has 3 saturated heterocycles. The van der Waals surface area contributed by atoms with Crippen molar-refractivity contribution in [2.45, 2.75) is 186 Å². The third-order valence-electron chi connectivity index (χ3n) is 11.5. The minimum Gasteiger partial charge on any atom is -0.390 e. The molecule has 3 heterocycles. The molecule has 0 radical (unpaired) electrons. The van der Waals surface area contributed by atoms with Crippen LogP contribution in [-0.2, 0) is 28.4 Å². The van der Waals surface area contributed by atoms with Crippen LogP contribution in [0.1, 0.15) is 101 Å². The highest BCUT2D eigenvalue weighted by Gasteiger charge is 2.51. The molecule has 0 amide bonds. The maximum absolute atomic E-state index is 12.4. The Hall–Kier alpha value is -0.480. The monoisotopic (exact) mass is 691 g/mol. The SMILES string of the molecule is CC[C@H]1OC[C@H](C)[C@H](O[C@H]2C[C@@](C)(OC)[C@@H](O)[C@H](C)O2)[C@H](C)[C@@H](O[C@@H]2O[C@H](C)C[C@H](NC)[C@H]2O)[C@](C)(O)C[C@@H](C)C[C@@H](C)[C@@H](O)[C@]1(C)O. The molecule has 0 aromatic rings. The van der Waals surface area contributed by atoms with Crippen molar-refractivity contribution < 1.29 is 54.0 Å². The number of hydrogen-bond donors (Lipinski definition) is 6. The summed E-state index contributed by atoms with van der Waals surface area (Å²) >= 11 is 0. The summed E-state index contributed by atoms with van der Waals surface area (Å²) in [5.41, 5.74) is -3.86. The topological polar surface area (TPSA) is 169 Å². The highest BCUT2D eigenvalue weighted by molar-refractivity contribution is 4.98. The van der Waals surface area contributed by atoms with Gasteiger partial charge >= 0.3 is 0 Å². The van der Waals surface area contributed by atoms with E-state index in [0.29, 0.717) is 25.7 Å². The van der Waals surface area contributed by atoms with E-state index in [9.17, 15) is 25.5 Å². The Labute approximate surface area is 289 Å². The fourth-order valence-electron chi connectivity index (χ4n) is 8.65. The summed E-state index contributed by atoms with van der Waals surface area (Å²) in [5, 5.41) is 60.7. The molecule has 3 fully saturated rings. The number of rotatable bonds is 7. The molecule has 18 atom stereocenters. The van der Waals surface area contributed by atoms with Crippen LogP contribution in [-0.4, -0.2) is 131 Å². The number of nitrogens with one attached hydrogen (secondary N) is 1. The van der Waals surface area contributed by atoms with Crippen molar-refractivity contribution in [1.29, 1.82) is 0 Å². The predicted molar refractivity (Wildman–Crippen MR) is 181 cm³/mol. The molecule has 12 heteroatoms. The lowest BCUT2D eigenvalue weighted by atomic mass is 9.74. The lowest BCUT2D eigenvalue weighted by molar-refractivity contribution is -0.317. The summed E-state index contributed by atoms with van der Waals surface area (Å²) in [6, 6.07) is -0.257. The van der Waals surface area contributed by atoms with Crippen LogP contribution in [0.25, 0.3) is 0 Å². The normalized spacial score (nSPS) is 52.1. The van der Waals surface area contributed by atoms with E-state index in [1.165, 1.54) is 0 Å². The minimum atomic E-state index is -1.51. The smallest absolute Gasteiger partial charge is 0.185 e. The van der Waals surface area contributed by atoms with Crippen LogP contribution in [0.2, 0.25) is 0 Å². The molecule has 0 spiro atoms. The van der Waals surface area contributed by atoms with E-state index < -0.39 is 78.0 Å². The molecule has 3 rings (SSSR count). The molecule has 0 aromatic heterocycles. The molecular weight excluding hydrogens is 622 g/mol. The van der Waals surface area contributed by atoms with Crippen molar-refractivity contribution in [2.24, 2.45) is 23.7 Å². The second kappa shape index (κ2) is 16.9. The summed E-state index contributed by atoms with van der Waals surface area (Å²) in [5.74, 6) is -1.17. The van der Waals surface area contributed by atoms with Crippen molar-refractivity contribution >= 4 is 0 Å². The Morgan fingerprint density at radius 3 is 2.08 bits per heavy atom. The Bertz CT molecular complexity index is 986. The lowest BCUT2D eigenvalue weighted by Gasteiger charge is -2.49. The van der Waals surface area contributed by atoms with Crippen molar-refractivity contribution in [2.75, 3.05) is 20.8 Å². The van der Waals surface area contributed by atoms with Gasteiger partial charge in [0.15, 0.2) is 12.6 Å². The fraction of sp³-hybridized carbons (Fsp3) is 1.00. The van der Waals surface area contributed by atoms with E-state index in [-0.39, 0.29) is 42.9 Å². The largest absolute Gasteiger partial charge is 0.390 e. The number of aliphatic hydroxyl groups excluding tert-OH is 3. The van der Waals surface area contributed by atoms with Gasteiger partial charge in [-0.2, -0.15) is 0 Å². The summed E-state index contributed by atoms with van der Waals surface area (Å²) < 4.78 is 38.0. The Kier molecular flexibility index (Phi) is 14.8. The molecule has 0 unspecified atom stereocenters. The number of ether oxygens (including phenoxy) is 6. The Balaban J connectivity index is 2.08. The van der Waals surface area contributed by atoms with Crippen LogP contribution < -0.4 is 5.32 Å². The molecular formula is C36H69NO11. The Morgan fingerprint density at radius 1 is 0.854 bits per heavy atom. The molecule has 3 aliphatic rings. The average Bonchev–Trinajstić information content (AvgIpc) is 3.00. The van der Waals surface area contributed by atoms with Crippen LogP contribution in [0.4, 0.5) is 0 Å². The highest BCUT2D eigenvalue weighted by Crippen LogP contribution is 2.40. The quantitative estimate of drug-likeness (QED) is 0.231. The van der Waals surface area contributed by atoms with Crippen LogP contribution in [0.5, 0.6) is 0 Å². The molecule has 6 N–H and O–H groups in total. The maximum Gasteiger partial charge on any atom is 0.185 e. The maximum atomic E-state index is 12.4. The minimum absolute atomic E-state index is 0.0768. The third kappa shape index (κ3) is 9.49. The molecule has 0 bridgehead atoms. The summed E-state index contributed by atoms with van der Waals surface area (Å²) in [6.45, 7) is 18.9. The summed E-state index contributed by atoms with van der Waals surface area (Å²) in [6.07, 6.45) is -5.39. The van der Waals surface area contributed by atoms with Crippen LogP contribution in [0, 0.1) is 23.7 Å². The van der Waals surface area contributed by atoms with Crippen LogP contribution in [0.3, 0.4) is 0 Å². The third-order valence-corrected chi connectivity index (χ3v) is 11.5. The number of likely N-dealkylation sites (N-methyl/N-ethyl adjacent to an activating group) is 1. The average molecular weight is 692 g/mol. The van der Waals surface area contributed by atoms with Crippen molar-refractivity contribution in [1.82, 2.24) is 5.32 Å². The van der Waals surface area contributed by atoms with Gasteiger partial charge in [-0.3, -0.25) is 0 Å². The van der Waals surface area contributed by atoms with Crippen molar-refractivity contribution in [3.8, 4) is 0 Å². The van der Waals surface area contributed by atoms with Gasteiger partial charge in [0.25, 0.3) is 0 Å². The van der Waals surface area contributed by atoms with Gasteiger partial charge in [0.1, 0.15) is 17.8 Å². The first kappa shape index (κ1) is 41.9. The van der Waals surface area contributed by atoms with Crippen LogP contribution in [0.15, 0.2) is 0 Å². The van der Waals surface area contributed by atoms with Gasteiger partial charge < -0.3 is 59.3 Å². The van der Waals surface area contributed by atoms with E-state index in [1.54, 1.807) is 34.9 Å². The Morgan fingerprint density at radius 2 is 1.50 bits per heavy atom. The van der Waals surface area contributed by atoms with Gasteiger partial charge in [0, 0.05) is 31.4 Å². The van der Waals surface area contributed by atoms with Gasteiger partial charge in [-0.05, 0) is 79.2 Å². The second-order valence-corrected chi connectivity index (χ2v) is 16.1. The standard InChI is InChI=1S/C36H69NO11/c1-13-26-36(10,42)30(39)20(3)14-19(2)16-34(8,41)32(48-33-28(38)25(37-11)15-22(5)45-33)23(6)29(21(4)18-44-26)47-27-17-35(9,43-12)31(40)24(7)46-27/h19-33,37-42H,13-18H2,1-12H3/t19-,20+,21-,22+,23-,24-,25-,26+,27-,28+,29-,30+,31-,32+,33-,34+,35+,36+/m0/s1. The van der Waals surface area contributed by atoms with Gasteiger partial charge in [0.05, 0.1) is 54.4 Å². The van der Waals surface area contributed by atoms with Gasteiger partial charge in [-0.1, -0.05) is 34.6 Å². The van der Waals surface area contributed by atoms with E-state index in [0.717, 1.165) is 0 Å². The molecule has 284 valence electrons. The first-order valence-corrected chi connectivity index (χ1v) is 18.2. The van der Waals surface area contributed by atoms with E-state index >= 15 is 0 Å². The zero-order valence-corrected chi connectivity index (χ0v) is 31.6. The number of aliphatic hydroxyl groups is 5. The predicted octanol–water partition coefficient (Wildman–Crippen LogP) is 2.74. The zero-order valence-electron chi connectivity index (χ0n) is 31.6. The molecule has 0 aliphatic carbocycles. The summed E-state index contributed by atoms with van der Waals surface area (Å²) in [4.78, 5) is 0. The molecule has 12 nitrogen and oxygen atoms in total. The molecule has 3 aliphatic heterocycles. The van der Waals surface area contributed by atoms with Crippen LogP contribution >= 0.6 is 0 Å². The zero-order chi connectivity index (χ0) is 36.4. The number of methoxy groups -OCH3 is 1. The van der Waals surface area contributed by atoms with E-state index in [2.05, 4.69) is 5.32 Å². The van der Waals surface area contributed by atoms with E-state index in [1.807, 2.05) is 48.5 Å². The van der Waals surface area contributed by atoms with Crippen molar-refractivity contribution in [3.63, 3.8) is 0 Å². The number of hydrogen-bond acceptors (Lipinski definition) is 12. The second-order valence-electron chi connectivity index (χ2n) is 16.1. The van der Waals surface area contributed by atoms with E-state index in [4.69, 9.17) is 28.4 Å². The van der Waals surface area contributed by atoms with Gasteiger partial charge in [-0.15, -0.1) is 0 Å². The fourth-order valence-corrected chi connectivity index (χ4v) is 8.65.